The standard InChI is InChI=1S/C18H23N3O/c1-14-17(4-3-8-19-14)13-21-10-6-15(7-11-21)16-5-9-20(2)18(22)12-16/h3-5,8-9,12,15H,6-7,10-11,13H2,1-2H3. The summed E-state index contributed by atoms with van der Waals surface area (Å²) in [4.78, 5) is 18.6. The normalized spacial score (nSPS) is 16.8. The fraction of sp³-hybridized carbons (Fsp3) is 0.444. The summed E-state index contributed by atoms with van der Waals surface area (Å²) in [5.74, 6) is 0.514. The third-order valence-electron chi connectivity index (χ3n) is 4.70. The van der Waals surface area contributed by atoms with Crippen LogP contribution in [0.15, 0.2) is 41.5 Å². The quantitative estimate of drug-likeness (QED) is 0.873. The Hall–Kier alpha value is -1.94. The van der Waals surface area contributed by atoms with Gasteiger partial charge in [-0.15, -0.1) is 0 Å². The van der Waals surface area contributed by atoms with Gasteiger partial charge < -0.3 is 4.57 Å². The van der Waals surface area contributed by atoms with Crippen LogP contribution in [0.3, 0.4) is 0 Å². The third kappa shape index (κ3) is 3.28. The van der Waals surface area contributed by atoms with Crippen molar-refractivity contribution < 1.29 is 0 Å². The van der Waals surface area contributed by atoms with E-state index in [-0.39, 0.29) is 5.56 Å². The molecule has 116 valence electrons. The smallest absolute Gasteiger partial charge is 0.250 e. The van der Waals surface area contributed by atoms with Crippen molar-refractivity contribution in [2.24, 2.45) is 7.05 Å². The molecule has 22 heavy (non-hydrogen) atoms. The number of likely N-dealkylation sites (tertiary alicyclic amines) is 1. The van der Waals surface area contributed by atoms with Crippen molar-refractivity contribution in [2.45, 2.75) is 32.2 Å². The number of nitrogens with zero attached hydrogens (tertiary/aromatic N) is 3. The minimum atomic E-state index is 0.0888. The topological polar surface area (TPSA) is 38.1 Å². The lowest BCUT2D eigenvalue weighted by atomic mass is 9.90. The van der Waals surface area contributed by atoms with Gasteiger partial charge in [0.1, 0.15) is 0 Å². The van der Waals surface area contributed by atoms with Crippen molar-refractivity contribution in [1.29, 1.82) is 0 Å². The molecule has 0 spiro atoms. The molecule has 1 aliphatic heterocycles. The Morgan fingerprint density at radius 1 is 1.27 bits per heavy atom. The summed E-state index contributed by atoms with van der Waals surface area (Å²) >= 11 is 0. The van der Waals surface area contributed by atoms with Crippen LogP contribution in [0, 0.1) is 6.92 Å². The number of rotatable bonds is 3. The number of hydrogen-bond acceptors (Lipinski definition) is 3. The highest BCUT2D eigenvalue weighted by Crippen LogP contribution is 2.27. The molecule has 3 rings (SSSR count). The summed E-state index contributed by atoms with van der Waals surface area (Å²) in [6.07, 6.45) is 5.96. The maximum Gasteiger partial charge on any atom is 0.250 e. The zero-order valence-corrected chi connectivity index (χ0v) is 13.3. The molecule has 3 heterocycles. The second-order valence-electron chi connectivity index (χ2n) is 6.21. The molecular weight excluding hydrogens is 274 g/mol. The molecule has 0 N–H and O–H groups in total. The number of piperidine rings is 1. The van der Waals surface area contributed by atoms with E-state index in [1.165, 1.54) is 11.1 Å². The Kier molecular flexibility index (Phi) is 4.39. The first kappa shape index (κ1) is 15.0. The Balaban J connectivity index is 1.61. The predicted octanol–water partition coefficient (Wildman–Crippen LogP) is 2.47. The van der Waals surface area contributed by atoms with Crippen molar-refractivity contribution in [3.63, 3.8) is 0 Å². The van der Waals surface area contributed by atoms with Crippen molar-refractivity contribution in [1.82, 2.24) is 14.5 Å². The lowest BCUT2D eigenvalue weighted by molar-refractivity contribution is 0.204. The number of hydrogen-bond donors (Lipinski definition) is 0. The van der Waals surface area contributed by atoms with E-state index in [4.69, 9.17) is 0 Å². The molecular formula is C18H23N3O. The van der Waals surface area contributed by atoms with Crippen LogP contribution in [0.25, 0.3) is 0 Å². The molecule has 4 heteroatoms. The van der Waals surface area contributed by atoms with Gasteiger partial charge in [0.25, 0.3) is 5.56 Å². The van der Waals surface area contributed by atoms with Crippen LogP contribution in [0.1, 0.15) is 35.6 Å². The van der Waals surface area contributed by atoms with E-state index in [1.54, 1.807) is 17.7 Å². The van der Waals surface area contributed by atoms with Crippen molar-refractivity contribution in [3.8, 4) is 0 Å². The molecule has 1 saturated heterocycles. The Labute approximate surface area is 131 Å². The first-order chi connectivity index (χ1) is 10.6. The van der Waals surface area contributed by atoms with Crippen LogP contribution in [-0.2, 0) is 13.6 Å². The van der Waals surface area contributed by atoms with Crippen LogP contribution in [-0.4, -0.2) is 27.5 Å². The van der Waals surface area contributed by atoms with Crippen molar-refractivity contribution in [3.05, 3.63) is 63.8 Å². The van der Waals surface area contributed by atoms with Crippen molar-refractivity contribution in [2.75, 3.05) is 13.1 Å². The van der Waals surface area contributed by atoms with Gasteiger partial charge in [0.15, 0.2) is 0 Å². The second-order valence-corrected chi connectivity index (χ2v) is 6.21. The molecule has 0 amide bonds. The molecule has 0 atom stereocenters. The van der Waals surface area contributed by atoms with Gasteiger partial charge >= 0.3 is 0 Å². The summed E-state index contributed by atoms with van der Waals surface area (Å²) in [6.45, 7) is 5.20. The molecule has 2 aromatic rings. The van der Waals surface area contributed by atoms with E-state index in [2.05, 4.69) is 28.9 Å². The SMILES string of the molecule is Cc1ncccc1CN1CCC(c2ccn(C)c(=O)c2)CC1. The van der Waals surface area contributed by atoms with E-state index in [0.717, 1.165) is 38.2 Å². The fourth-order valence-electron chi connectivity index (χ4n) is 3.17. The van der Waals surface area contributed by atoms with Crippen LogP contribution >= 0.6 is 0 Å². The molecule has 4 nitrogen and oxygen atoms in total. The minimum absolute atomic E-state index is 0.0888. The van der Waals surface area contributed by atoms with Crippen LogP contribution in [0.2, 0.25) is 0 Å². The van der Waals surface area contributed by atoms with E-state index >= 15 is 0 Å². The lowest BCUT2D eigenvalue weighted by Gasteiger charge is -2.32. The number of pyridine rings is 2. The minimum Gasteiger partial charge on any atom is -0.319 e. The van der Waals surface area contributed by atoms with Crippen LogP contribution in [0.5, 0.6) is 0 Å². The van der Waals surface area contributed by atoms with Gasteiger partial charge in [-0.2, -0.15) is 0 Å². The van der Waals surface area contributed by atoms with E-state index in [0.29, 0.717) is 5.92 Å². The highest BCUT2D eigenvalue weighted by atomic mass is 16.1. The molecule has 0 radical (unpaired) electrons. The molecule has 0 bridgehead atoms. The first-order valence-electron chi connectivity index (χ1n) is 7.93. The number of aromatic nitrogens is 2. The molecule has 0 saturated carbocycles. The lowest BCUT2D eigenvalue weighted by Crippen LogP contribution is -2.33. The molecule has 0 aromatic carbocycles. The van der Waals surface area contributed by atoms with Gasteiger partial charge in [0.2, 0.25) is 0 Å². The molecule has 1 aliphatic rings. The van der Waals surface area contributed by atoms with Gasteiger partial charge in [-0.25, -0.2) is 0 Å². The van der Waals surface area contributed by atoms with Gasteiger partial charge in [-0.1, -0.05) is 6.07 Å². The average molecular weight is 297 g/mol. The Bertz CT molecular complexity index is 699. The molecule has 1 fully saturated rings. The summed E-state index contributed by atoms with van der Waals surface area (Å²) in [7, 11) is 1.80. The van der Waals surface area contributed by atoms with E-state index < -0.39 is 0 Å². The second kappa shape index (κ2) is 6.44. The summed E-state index contributed by atoms with van der Waals surface area (Å²) in [5, 5.41) is 0. The first-order valence-corrected chi connectivity index (χ1v) is 7.93. The third-order valence-corrected chi connectivity index (χ3v) is 4.70. The number of aryl methyl sites for hydroxylation is 2. The predicted molar refractivity (Wildman–Crippen MR) is 87.9 cm³/mol. The Morgan fingerprint density at radius 2 is 2.05 bits per heavy atom. The summed E-state index contributed by atoms with van der Waals surface area (Å²) in [5.41, 5.74) is 3.72. The van der Waals surface area contributed by atoms with Crippen LogP contribution < -0.4 is 5.56 Å². The highest BCUT2D eigenvalue weighted by Gasteiger charge is 2.21. The van der Waals surface area contributed by atoms with Gasteiger partial charge in [-0.3, -0.25) is 14.7 Å². The zero-order valence-electron chi connectivity index (χ0n) is 13.3. The molecule has 0 aliphatic carbocycles. The van der Waals surface area contributed by atoms with Crippen LogP contribution in [0.4, 0.5) is 0 Å². The van der Waals surface area contributed by atoms with E-state index in [1.807, 2.05) is 18.5 Å². The molecule has 2 aromatic heterocycles. The van der Waals surface area contributed by atoms with Gasteiger partial charge in [0, 0.05) is 37.7 Å². The highest BCUT2D eigenvalue weighted by molar-refractivity contribution is 5.19. The summed E-state index contributed by atoms with van der Waals surface area (Å²) < 4.78 is 1.63. The van der Waals surface area contributed by atoms with E-state index in [9.17, 15) is 4.79 Å². The molecule has 0 unspecified atom stereocenters. The average Bonchev–Trinajstić information content (AvgIpc) is 2.53. The van der Waals surface area contributed by atoms with Gasteiger partial charge in [0.05, 0.1) is 0 Å². The maximum atomic E-state index is 11.8. The summed E-state index contributed by atoms with van der Waals surface area (Å²) in [6, 6.07) is 8.06. The largest absolute Gasteiger partial charge is 0.319 e. The monoisotopic (exact) mass is 297 g/mol. The van der Waals surface area contributed by atoms with Crippen molar-refractivity contribution >= 4 is 0 Å². The zero-order chi connectivity index (χ0) is 15.5. The van der Waals surface area contributed by atoms with Gasteiger partial charge in [-0.05, 0) is 62.0 Å². The fourth-order valence-corrected chi connectivity index (χ4v) is 3.17. The Morgan fingerprint density at radius 3 is 2.73 bits per heavy atom. The maximum absolute atomic E-state index is 11.8.